The predicted octanol–water partition coefficient (Wildman–Crippen LogP) is 5.83. The van der Waals surface area contributed by atoms with Gasteiger partial charge in [-0.1, -0.05) is 44.2 Å². The van der Waals surface area contributed by atoms with Gasteiger partial charge in [-0.15, -0.1) is 0 Å². The van der Waals surface area contributed by atoms with Gasteiger partial charge < -0.3 is 19.7 Å². The van der Waals surface area contributed by atoms with Gasteiger partial charge in [-0.05, 0) is 74.8 Å². The summed E-state index contributed by atoms with van der Waals surface area (Å²) in [4.78, 5) is 28.0. The normalized spacial score (nSPS) is 15.5. The minimum atomic E-state index is -0.756. The van der Waals surface area contributed by atoms with E-state index >= 15 is 0 Å². The van der Waals surface area contributed by atoms with Crippen molar-refractivity contribution in [2.45, 2.75) is 65.5 Å². The molecule has 2 unspecified atom stereocenters. The first kappa shape index (κ1) is 26.7. The molecule has 190 valence electrons. The highest BCUT2D eigenvalue weighted by Crippen LogP contribution is 2.33. The van der Waals surface area contributed by atoms with Crippen molar-refractivity contribution >= 4 is 17.6 Å². The summed E-state index contributed by atoms with van der Waals surface area (Å²) in [5, 5.41) is 3.30. The fourth-order valence-electron chi connectivity index (χ4n) is 4.69. The fourth-order valence-corrected chi connectivity index (χ4v) is 4.69. The number of carbonyl (C=O) groups excluding carboxylic acids is 2. The van der Waals surface area contributed by atoms with Crippen molar-refractivity contribution in [1.82, 2.24) is 5.32 Å². The number of piperidine rings is 1. The molecule has 2 aromatic carbocycles. The molecule has 1 fully saturated rings. The van der Waals surface area contributed by atoms with Crippen LogP contribution in [0.25, 0.3) is 0 Å². The lowest BCUT2D eigenvalue weighted by Gasteiger charge is -2.33. The Morgan fingerprint density at radius 1 is 0.943 bits per heavy atom. The number of hydrogen-bond acceptors (Lipinski definition) is 5. The largest absolute Gasteiger partial charge is 0.462 e. The van der Waals surface area contributed by atoms with Crippen LogP contribution in [0.2, 0.25) is 0 Å². The molecular weight excluding hydrogens is 440 g/mol. The van der Waals surface area contributed by atoms with Crippen LogP contribution in [0.3, 0.4) is 0 Å². The van der Waals surface area contributed by atoms with E-state index in [0.717, 1.165) is 25.1 Å². The minimum Gasteiger partial charge on any atom is -0.462 e. The van der Waals surface area contributed by atoms with Gasteiger partial charge in [0.25, 0.3) is 5.91 Å². The first-order valence-electron chi connectivity index (χ1n) is 13.0. The molecule has 3 rings (SSSR count). The molecule has 1 aliphatic rings. The van der Waals surface area contributed by atoms with Crippen LogP contribution in [0.4, 0.5) is 5.69 Å². The zero-order valence-electron chi connectivity index (χ0n) is 21.6. The Morgan fingerprint density at radius 3 is 2.26 bits per heavy atom. The van der Waals surface area contributed by atoms with E-state index in [1.165, 1.54) is 24.9 Å². The average Bonchev–Trinajstić information content (AvgIpc) is 2.87. The molecule has 0 spiro atoms. The zero-order valence-corrected chi connectivity index (χ0v) is 21.6. The van der Waals surface area contributed by atoms with E-state index in [1.54, 1.807) is 31.2 Å². The second-order valence-electron chi connectivity index (χ2n) is 9.48. The topological polar surface area (TPSA) is 67.9 Å². The van der Waals surface area contributed by atoms with Gasteiger partial charge in [-0.2, -0.15) is 0 Å². The lowest BCUT2D eigenvalue weighted by atomic mass is 9.94. The molecule has 1 amide bonds. The number of carbonyl (C=O) groups is 2. The molecule has 0 bridgehead atoms. The highest BCUT2D eigenvalue weighted by Gasteiger charge is 2.27. The summed E-state index contributed by atoms with van der Waals surface area (Å²) in [7, 11) is 0. The van der Waals surface area contributed by atoms with E-state index in [2.05, 4.69) is 48.3 Å². The van der Waals surface area contributed by atoms with Crippen LogP contribution in [0.1, 0.15) is 87.0 Å². The number of ether oxygens (including phenoxy) is 2. The molecule has 1 saturated heterocycles. The number of benzene rings is 2. The second kappa shape index (κ2) is 13.3. The van der Waals surface area contributed by atoms with E-state index in [1.807, 2.05) is 6.92 Å². The first-order chi connectivity index (χ1) is 16.9. The molecular formula is C29H40N2O4. The van der Waals surface area contributed by atoms with Gasteiger partial charge in [0.2, 0.25) is 0 Å². The van der Waals surface area contributed by atoms with Crippen LogP contribution in [-0.4, -0.2) is 38.2 Å². The summed E-state index contributed by atoms with van der Waals surface area (Å²) in [5.41, 5.74) is 3.54. The van der Waals surface area contributed by atoms with E-state index in [-0.39, 0.29) is 17.9 Å². The highest BCUT2D eigenvalue weighted by atomic mass is 16.5. The maximum absolute atomic E-state index is 13.6. The van der Waals surface area contributed by atoms with Crippen molar-refractivity contribution in [2.75, 3.05) is 31.2 Å². The Bertz CT molecular complexity index is 951. The average molecular weight is 481 g/mol. The van der Waals surface area contributed by atoms with Crippen LogP contribution in [0, 0.1) is 5.92 Å². The Hall–Kier alpha value is -2.86. The maximum atomic E-state index is 13.6. The van der Waals surface area contributed by atoms with E-state index in [9.17, 15) is 9.59 Å². The van der Waals surface area contributed by atoms with Crippen molar-refractivity contribution in [3.8, 4) is 0 Å². The van der Waals surface area contributed by atoms with Crippen molar-refractivity contribution in [3.05, 3.63) is 65.2 Å². The van der Waals surface area contributed by atoms with Gasteiger partial charge >= 0.3 is 5.97 Å². The molecule has 35 heavy (non-hydrogen) atoms. The Labute approximate surface area is 210 Å². The van der Waals surface area contributed by atoms with Gasteiger partial charge in [-0.25, -0.2) is 4.79 Å². The number of hydrogen-bond donors (Lipinski definition) is 1. The molecule has 1 aliphatic heterocycles. The third kappa shape index (κ3) is 7.31. The summed E-state index contributed by atoms with van der Waals surface area (Å²) in [6, 6.07) is 15.2. The van der Waals surface area contributed by atoms with Crippen LogP contribution in [0.15, 0.2) is 48.5 Å². The first-order valence-corrected chi connectivity index (χ1v) is 13.0. The molecule has 1 heterocycles. The maximum Gasteiger partial charge on any atom is 0.338 e. The number of amides is 1. The minimum absolute atomic E-state index is 0.123. The molecule has 0 radical (unpaired) electrons. The molecule has 2 aromatic rings. The SMILES string of the molecule is CCOC(=O)c1ccc(C(OCC)C(=O)NC(CC(C)C)c2ccccc2N2CCCCC2)cc1. The number of nitrogens with one attached hydrogen (secondary N) is 1. The van der Waals surface area contributed by atoms with E-state index in [4.69, 9.17) is 9.47 Å². The van der Waals surface area contributed by atoms with Crippen LogP contribution in [0.5, 0.6) is 0 Å². The van der Waals surface area contributed by atoms with Crippen molar-refractivity contribution in [2.24, 2.45) is 5.92 Å². The molecule has 0 aromatic heterocycles. The summed E-state index contributed by atoms with van der Waals surface area (Å²) in [6.07, 6.45) is 3.74. The quantitative estimate of drug-likeness (QED) is 0.410. The standard InChI is InChI=1S/C29H40N2O4/c1-5-34-27(22-14-16-23(17-15-22)29(33)35-6-2)28(32)30-25(20-21(3)4)24-12-8-9-13-26(24)31-18-10-7-11-19-31/h8-9,12-17,21,25,27H,5-7,10-11,18-20H2,1-4H3,(H,30,32). The third-order valence-electron chi connectivity index (χ3n) is 6.33. The lowest BCUT2D eigenvalue weighted by molar-refractivity contribution is -0.134. The molecule has 6 nitrogen and oxygen atoms in total. The Balaban J connectivity index is 1.84. The Morgan fingerprint density at radius 2 is 1.63 bits per heavy atom. The van der Waals surface area contributed by atoms with E-state index in [0.29, 0.717) is 30.3 Å². The highest BCUT2D eigenvalue weighted by molar-refractivity contribution is 5.90. The summed E-state index contributed by atoms with van der Waals surface area (Å²) >= 11 is 0. The molecule has 2 atom stereocenters. The molecule has 0 saturated carbocycles. The number of esters is 1. The van der Waals surface area contributed by atoms with Crippen LogP contribution >= 0.6 is 0 Å². The smallest absolute Gasteiger partial charge is 0.338 e. The second-order valence-corrected chi connectivity index (χ2v) is 9.48. The van der Waals surface area contributed by atoms with Gasteiger partial charge in [0.05, 0.1) is 18.2 Å². The van der Waals surface area contributed by atoms with Crippen molar-refractivity contribution < 1.29 is 19.1 Å². The number of nitrogens with zero attached hydrogens (tertiary/aromatic N) is 1. The van der Waals surface area contributed by atoms with Crippen molar-refractivity contribution in [3.63, 3.8) is 0 Å². The summed E-state index contributed by atoms with van der Waals surface area (Å²) in [5.74, 6) is -0.137. The van der Waals surface area contributed by atoms with Gasteiger partial charge in [0, 0.05) is 25.4 Å². The van der Waals surface area contributed by atoms with Crippen LogP contribution < -0.4 is 10.2 Å². The molecule has 6 heteroatoms. The number of rotatable bonds is 11. The zero-order chi connectivity index (χ0) is 25.2. The fraction of sp³-hybridized carbons (Fsp3) is 0.517. The van der Waals surface area contributed by atoms with E-state index < -0.39 is 6.10 Å². The summed E-state index contributed by atoms with van der Waals surface area (Å²) < 4.78 is 11.0. The van der Waals surface area contributed by atoms with Gasteiger partial charge in [0.1, 0.15) is 0 Å². The Kier molecular flexibility index (Phi) is 10.2. The number of anilines is 1. The lowest BCUT2D eigenvalue weighted by Crippen LogP contribution is -2.36. The monoisotopic (exact) mass is 480 g/mol. The third-order valence-corrected chi connectivity index (χ3v) is 6.33. The van der Waals surface area contributed by atoms with Gasteiger partial charge in [0.15, 0.2) is 6.10 Å². The predicted molar refractivity (Wildman–Crippen MR) is 140 cm³/mol. The van der Waals surface area contributed by atoms with Crippen LogP contribution in [-0.2, 0) is 14.3 Å². The molecule has 0 aliphatic carbocycles. The summed E-state index contributed by atoms with van der Waals surface area (Å²) in [6.45, 7) is 10.8. The van der Waals surface area contributed by atoms with Crippen molar-refractivity contribution in [1.29, 1.82) is 0 Å². The number of para-hydroxylation sites is 1. The van der Waals surface area contributed by atoms with Gasteiger partial charge in [-0.3, -0.25) is 4.79 Å². The molecule has 1 N–H and O–H groups in total.